The van der Waals surface area contributed by atoms with Gasteiger partial charge in [-0.05, 0) is 39.0 Å². The van der Waals surface area contributed by atoms with Crippen LogP contribution in [0.25, 0.3) is 11.0 Å². The highest BCUT2D eigenvalue weighted by atomic mass is 32.2. The van der Waals surface area contributed by atoms with E-state index in [2.05, 4.69) is 9.97 Å². The maximum absolute atomic E-state index is 13.6. The molecule has 200 valence electrons. The quantitative estimate of drug-likeness (QED) is 0.295. The molecule has 0 N–H and O–H groups in total. The van der Waals surface area contributed by atoms with Crippen molar-refractivity contribution in [1.29, 1.82) is 0 Å². The first-order valence-electron chi connectivity index (χ1n) is 11.3. The summed E-state index contributed by atoms with van der Waals surface area (Å²) in [5, 5.41) is -0.0350. The second-order valence-electron chi connectivity index (χ2n) is 8.40. The van der Waals surface area contributed by atoms with Gasteiger partial charge < -0.3 is 18.9 Å². The lowest BCUT2D eigenvalue weighted by Gasteiger charge is -2.27. The summed E-state index contributed by atoms with van der Waals surface area (Å²) in [6.45, 7) is 5.00. The Labute approximate surface area is 214 Å². The Balaban J connectivity index is 1.94. The second kappa shape index (κ2) is 11.8. The lowest BCUT2D eigenvalue weighted by Crippen LogP contribution is -2.42. The van der Waals surface area contributed by atoms with Gasteiger partial charge in [-0.1, -0.05) is 12.1 Å². The summed E-state index contributed by atoms with van der Waals surface area (Å²) < 4.78 is 62.4. The SMILES string of the molecule is CC(=O)OCCN(C(=O)n1c([S+]([O-])Cc2nccc(OCC(F)(F)F)c2C)nc2ccccc21)C(C)C. The maximum atomic E-state index is 13.6. The van der Waals surface area contributed by atoms with E-state index in [4.69, 9.17) is 9.47 Å². The molecule has 9 nitrogen and oxygen atoms in total. The third-order valence-corrected chi connectivity index (χ3v) is 6.57. The molecule has 3 rings (SSSR count). The predicted octanol–water partition coefficient (Wildman–Crippen LogP) is 4.23. The summed E-state index contributed by atoms with van der Waals surface area (Å²) in [6.07, 6.45) is -3.24. The van der Waals surface area contributed by atoms with Crippen molar-refractivity contribution in [3.8, 4) is 5.75 Å². The molecule has 13 heteroatoms. The predicted molar refractivity (Wildman–Crippen MR) is 130 cm³/mol. The van der Waals surface area contributed by atoms with Gasteiger partial charge in [-0.3, -0.25) is 9.78 Å². The number of pyridine rings is 1. The molecule has 0 fully saturated rings. The number of hydrogen-bond donors (Lipinski definition) is 0. The van der Waals surface area contributed by atoms with Gasteiger partial charge in [-0.25, -0.2) is 9.36 Å². The van der Waals surface area contributed by atoms with Crippen LogP contribution in [0, 0.1) is 6.92 Å². The molecule has 2 heterocycles. The Hall–Kier alpha value is -3.32. The van der Waals surface area contributed by atoms with Crippen molar-refractivity contribution in [1.82, 2.24) is 19.4 Å². The van der Waals surface area contributed by atoms with Crippen LogP contribution in [0.2, 0.25) is 0 Å². The Morgan fingerprint density at radius 3 is 2.57 bits per heavy atom. The van der Waals surface area contributed by atoms with Crippen LogP contribution in [0.4, 0.5) is 18.0 Å². The minimum absolute atomic E-state index is 0.0157. The van der Waals surface area contributed by atoms with E-state index >= 15 is 0 Å². The fourth-order valence-corrected chi connectivity index (χ4v) is 4.79. The lowest BCUT2D eigenvalue weighted by molar-refractivity contribution is -0.153. The van der Waals surface area contributed by atoms with Crippen LogP contribution in [0.15, 0.2) is 41.7 Å². The molecular formula is C24H27F3N4O5S. The standard InChI is InChI=1S/C24H27F3N4O5S/c1-15(2)30(11-12-35-17(4)32)23(33)31-20-8-6-5-7-18(20)29-22(31)37(34)13-19-16(3)21(9-10-28-19)36-14-24(25,26)27/h5-10,15H,11-14H2,1-4H3. The molecule has 0 aliphatic rings. The monoisotopic (exact) mass is 540 g/mol. The number of ether oxygens (including phenoxy) is 2. The van der Waals surface area contributed by atoms with Gasteiger partial charge in [0.15, 0.2) is 12.4 Å². The minimum atomic E-state index is -4.51. The van der Waals surface area contributed by atoms with Crippen LogP contribution in [0.1, 0.15) is 32.0 Å². The third-order valence-electron chi connectivity index (χ3n) is 5.35. The van der Waals surface area contributed by atoms with Crippen LogP contribution in [0.3, 0.4) is 0 Å². The maximum Gasteiger partial charge on any atom is 0.422 e. The smallest absolute Gasteiger partial charge is 0.422 e. The van der Waals surface area contributed by atoms with Gasteiger partial charge in [-0.15, -0.1) is 0 Å². The topological polar surface area (TPSA) is 110 Å². The first-order chi connectivity index (χ1) is 17.4. The Kier molecular flexibility index (Phi) is 9.02. The van der Waals surface area contributed by atoms with Crippen LogP contribution < -0.4 is 4.74 Å². The highest BCUT2D eigenvalue weighted by Crippen LogP contribution is 2.27. The Morgan fingerprint density at radius 2 is 1.92 bits per heavy atom. The Bertz CT molecular complexity index is 1260. The highest BCUT2D eigenvalue weighted by molar-refractivity contribution is 7.90. The zero-order valence-corrected chi connectivity index (χ0v) is 21.6. The molecule has 37 heavy (non-hydrogen) atoms. The van der Waals surface area contributed by atoms with Gasteiger partial charge in [0.05, 0.1) is 23.3 Å². The van der Waals surface area contributed by atoms with E-state index in [-0.39, 0.29) is 41.5 Å². The van der Waals surface area contributed by atoms with Crippen molar-refractivity contribution >= 4 is 34.2 Å². The first kappa shape index (κ1) is 28.3. The van der Waals surface area contributed by atoms with Crippen LogP contribution in [0.5, 0.6) is 5.75 Å². The van der Waals surface area contributed by atoms with Gasteiger partial charge >= 0.3 is 23.3 Å². The van der Waals surface area contributed by atoms with E-state index < -0.39 is 36.0 Å². The number of aromatic nitrogens is 3. The average molecular weight is 541 g/mol. The summed E-state index contributed by atoms with van der Waals surface area (Å²) in [5.41, 5.74) is 1.43. The summed E-state index contributed by atoms with van der Waals surface area (Å²) in [4.78, 5) is 34.9. The molecule has 2 aromatic heterocycles. The molecule has 0 spiro atoms. The van der Waals surface area contributed by atoms with Crippen molar-refractivity contribution in [3.05, 3.63) is 47.8 Å². The number of esters is 1. The van der Waals surface area contributed by atoms with Crippen molar-refractivity contribution in [3.63, 3.8) is 0 Å². The molecule has 1 amide bonds. The Morgan fingerprint density at radius 1 is 1.22 bits per heavy atom. The largest absolute Gasteiger partial charge is 0.609 e. The number of alkyl halides is 3. The fourth-order valence-electron chi connectivity index (χ4n) is 3.54. The molecule has 0 saturated heterocycles. The molecule has 0 bridgehead atoms. The average Bonchev–Trinajstić information content (AvgIpc) is 3.21. The van der Waals surface area contributed by atoms with Gasteiger partial charge in [-0.2, -0.15) is 18.2 Å². The number of amides is 1. The highest BCUT2D eigenvalue weighted by Gasteiger charge is 2.32. The van der Waals surface area contributed by atoms with Crippen molar-refractivity contribution in [2.45, 2.75) is 50.8 Å². The second-order valence-corrected chi connectivity index (χ2v) is 9.75. The minimum Gasteiger partial charge on any atom is -0.609 e. The number of benzene rings is 1. The van der Waals surface area contributed by atoms with Crippen LogP contribution in [-0.4, -0.2) is 68.0 Å². The lowest BCUT2D eigenvalue weighted by atomic mass is 10.2. The summed E-state index contributed by atoms with van der Waals surface area (Å²) in [6, 6.07) is 7.30. The van der Waals surface area contributed by atoms with E-state index in [0.29, 0.717) is 16.6 Å². The third kappa shape index (κ3) is 7.13. The number of carbonyl (C=O) groups excluding carboxylic acids is 2. The van der Waals surface area contributed by atoms with E-state index in [1.807, 2.05) is 0 Å². The molecule has 0 aliphatic carbocycles. The van der Waals surface area contributed by atoms with E-state index in [1.165, 1.54) is 35.6 Å². The van der Waals surface area contributed by atoms with Gasteiger partial charge in [0.1, 0.15) is 12.4 Å². The molecule has 0 saturated carbocycles. The summed E-state index contributed by atoms with van der Waals surface area (Å²) in [5.74, 6) is -0.712. The molecule has 1 atom stereocenters. The number of halogens is 3. The number of imidazole rings is 1. The summed E-state index contributed by atoms with van der Waals surface area (Å²) in [7, 11) is 0. The van der Waals surface area contributed by atoms with E-state index in [9.17, 15) is 27.3 Å². The molecule has 0 aliphatic heterocycles. The number of fused-ring (bicyclic) bond motifs is 1. The molecule has 1 aromatic carbocycles. The van der Waals surface area contributed by atoms with E-state index in [1.54, 1.807) is 38.1 Å². The number of para-hydroxylation sites is 2. The fraction of sp³-hybridized carbons (Fsp3) is 0.417. The molecule has 0 radical (unpaired) electrons. The molecule has 3 aromatic rings. The number of rotatable bonds is 9. The first-order valence-corrected chi connectivity index (χ1v) is 12.6. The molecule has 1 unspecified atom stereocenters. The van der Waals surface area contributed by atoms with Gasteiger partial charge in [0, 0.05) is 35.9 Å². The zero-order chi connectivity index (χ0) is 27.3. The normalized spacial score (nSPS) is 12.6. The number of carbonyl (C=O) groups is 2. The van der Waals surface area contributed by atoms with Crippen molar-refractivity contribution in [2.24, 2.45) is 0 Å². The van der Waals surface area contributed by atoms with Crippen molar-refractivity contribution < 1.29 is 36.8 Å². The summed E-state index contributed by atoms with van der Waals surface area (Å²) >= 11 is -1.90. The number of nitrogens with zero attached hydrogens (tertiary/aromatic N) is 4. The zero-order valence-electron chi connectivity index (χ0n) is 20.7. The number of hydrogen-bond acceptors (Lipinski definition) is 7. The van der Waals surface area contributed by atoms with Gasteiger partial charge in [0.25, 0.3) is 0 Å². The van der Waals surface area contributed by atoms with E-state index in [0.717, 1.165) is 0 Å². The van der Waals surface area contributed by atoms with Gasteiger partial charge in [0.2, 0.25) is 0 Å². The molecular weight excluding hydrogens is 513 g/mol. The van der Waals surface area contributed by atoms with Crippen molar-refractivity contribution in [2.75, 3.05) is 19.8 Å². The van der Waals surface area contributed by atoms with Crippen LogP contribution >= 0.6 is 0 Å². The van der Waals surface area contributed by atoms with Crippen LogP contribution in [-0.2, 0) is 26.5 Å².